The first-order valence-electron chi connectivity index (χ1n) is 10.8. The number of hydrogen-bond donors (Lipinski definition) is 2. The number of carbonyl (C=O) groups excluding carboxylic acids is 2. The second kappa shape index (κ2) is 9.24. The van der Waals surface area contributed by atoms with E-state index in [2.05, 4.69) is 20.3 Å². The first-order chi connectivity index (χ1) is 15.7. The first kappa shape index (κ1) is 22.8. The molecule has 1 fully saturated rings. The lowest BCUT2D eigenvalue weighted by Gasteiger charge is -2.32. The Labute approximate surface area is 188 Å². The molecule has 2 aromatic heterocycles. The number of halogens is 3. The predicted octanol–water partition coefficient (Wildman–Crippen LogP) is 3.74. The van der Waals surface area contributed by atoms with E-state index in [0.29, 0.717) is 38.2 Å². The molecule has 1 saturated heterocycles. The number of amides is 2. The van der Waals surface area contributed by atoms with Gasteiger partial charge in [0.25, 0.3) is 0 Å². The number of alkyl halides is 3. The SMILES string of the molecule is Cc1nccn1CCC(=O)N1CCC(CC(=O)Nc2ccc3nc(C(F)(F)F)[nH]c3c2)CC1. The molecule has 1 aliphatic rings. The summed E-state index contributed by atoms with van der Waals surface area (Å²) < 4.78 is 40.4. The number of hydrogen-bond acceptors (Lipinski definition) is 4. The van der Waals surface area contributed by atoms with E-state index in [1.807, 2.05) is 22.6 Å². The Hall–Kier alpha value is -3.37. The molecule has 8 nitrogen and oxygen atoms in total. The first-order valence-corrected chi connectivity index (χ1v) is 10.8. The van der Waals surface area contributed by atoms with E-state index < -0.39 is 12.0 Å². The van der Waals surface area contributed by atoms with E-state index in [1.165, 1.54) is 18.2 Å². The monoisotopic (exact) mass is 462 g/mol. The Morgan fingerprint density at radius 1 is 1.24 bits per heavy atom. The molecule has 2 N–H and O–H groups in total. The topological polar surface area (TPSA) is 95.9 Å². The molecule has 33 heavy (non-hydrogen) atoms. The molecule has 0 saturated carbocycles. The highest BCUT2D eigenvalue weighted by molar-refractivity contribution is 5.93. The molecule has 0 atom stereocenters. The van der Waals surface area contributed by atoms with Crippen LogP contribution in [0.5, 0.6) is 0 Å². The fourth-order valence-electron chi connectivity index (χ4n) is 4.10. The molecule has 0 radical (unpaired) electrons. The average Bonchev–Trinajstić information content (AvgIpc) is 3.38. The molecule has 3 heterocycles. The fourth-order valence-corrected chi connectivity index (χ4v) is 4.10. The number of H-pyrrole nitrogens is 1. The van der Waals surface area contributed by atoms with Crippen molar-refractivity contribution < 1.29 is 22.8 Å². The summed E-state index contributed by atoms with van der Waals surface area (Å²) in [7, 11) is 0. The van der Waals surface area contributed by atoms with Crippen molar-refractivity contribution in [2.75, 3.05) is 18.4 Å². The maximum Gasteiger partial charge on any atom is 0.449 e. The summed E-state index contributed by atoms with van der Waals surface area (Å²) in [5, 5.41) is 2.75. The number of aryl methyl sites for hydroxylation is 2. The van der Waals surface area contributed by atoms with Crippen LogP contribution in [-0.2, 0) is 22.3 Å². The Kier molecular flexibility index (Phi) is 6.39. The molecule has 0 spiro atoms. The van der Waals surface area contributed by atoms with Crippen LogP contribution < -0.4 is 5.32 Å². The molecule has 0 unspecified atom stereocenters. The van der Waals surface area contributed by atoms with Gasteiger partial charge in [0.1, 0.15) is 5.82 Å². The van der Waals surface area contributed by atoms with Crippen LogP contribution in [0.4, 0.5) is 18.9 Å². The third kappa shape index (κ3) is 5.52. The number of rotatable bonds is 6. The smallest absolute Gasteiger partial charge is 0.343 e. The number of imidazole rings is 2. The van der Waals surface area contributed by atoms with Crippen LogP contribution in [-0.4, -0.2) is 49.3 Å². The highest BCUT2D eigenvalue weighted by Gasteiger charge is 2.34. The number of piperidine rings is 1. The van der Waals surface area contributed by atoms with E-state index in [4.69, 9.17) is 0 Å². The van der Waals surface area contributed by atoms with Gasteiger partial charge in [0.2, 0.25) is 17.6 Å². The van der Waals surface area contributed by atoms with Gasteiger partial charge in [0, 0.05) is 50.6 Å². The Bertz CT molecular complexity index is 1140. The zero-order valence-corrected chi connectivity index (χ0v) is 18.2. The number of benzene rings is 1. The van der Waals surface area contributed by atoms with Crippen LogP contribution in [0, 0.1) is 12.8 Å². The Morgan fingerprint density at radius 3 is 2.67 bits per heavy atom. The van der Waals surface area contributed by atoms with Crippen molar-refractivity contribution in [1.29, 1.82) is 0 Å². The normalized spacial score (nSPS) is 15.2. The van der Waals surface area contributed by atoms with E-state index in [0.717, 1.165) is 18.7 Å². The molecule has 3 aromatic rings. The summed E-state index contributed by atoms with van der Waals surface area (Å²) in [5.41, 5.74) is 0.797. The van der Waals surface area contributed by atoms with Gasteiger partial charge in [-0.15, -0.1) is 0 Å². The van der Waals surface area contributed by atoms with Gasteiger partial charge >= 0.3 is 6.18 Å². The molecule has 11 heteroatoms. The van der Waals surface area contributed by atoms with Gasteiger partial charge in [0.15, 0.2) is 0 Å². The highest BCUT2D eigenvalue weighted by Crippen LogP contribution is 2.29. The standard InChI is InChI=1S/C22H25F3N6O2/c1-14-26-7-11-30(14)10-6-20(33)31-8-4-15(5-9-31)12-19(32)27-16-2-3-17-18(13-16)29-21(28-17)22(23,24)25/h2-3,7,11,13,15H,4-6,8-10,12H2,1H3,(H,27,32)(H,28,29). The second-order valence-corrected chi connectivity index (χ2v) is 8.31. The van der Waals surface area contributed by atoms with Gasteiger partial charge < -0.3 is 19.8 Å². The number of likely N-dealkylation sites (tertiary alicyclic amines) is 1. The van der Waals surface area contributed by atoms with Crippen molar-refractivity contribution in [3.05, 3.63) is 42.2 Å². The summed E-state index contributed by atoms with van der Waals surface area (Å²) in [6.07, 6.45) is 1.18. The van der Waals surface area contributed by atoms with Gasteiger partial charge in [0.05, 0.1) is 11.0 Å². The maximum absolute atomic E-state index is 12.8. The molecule has 0 aliphatic carbocycles. The van der Waals surface area contributed by atoms with Crippen molar-refractivity contribution >= 4 is 28.5 Å². The van der Waals surface area contributed by atoms with E-state index >= 15 is 0 Å². The number of nitrogens with zero attached hydrogens (tertiary/aromatic N) is 4. The third-order valence-electron chi connectivity index (χ3n) is 5.97. The number of carbonyl (C=O) groups is 2. The average molecular weight is 462 g/mol. The third-order valence-corrected chi connectivity index (χ3v) is 5.97. The Morgan fingerprint density at radius 2 is 2.00 bits per heavy atom. The summed E-state index contributed by atoms with van der Waals surface area (Å²) in [6.45, 7) is 3.71. The quantitative estimate of drug-likeness (QED) is 0.583. The summed E-state index contributed by atoms with van der Waals surface area (Å²) >= 11 is 0. The van der Waals surface area contributed by atoms with Gasteiger partial charge in [-0.3, -0.25) is 9.59 Å². The van der Waals surface area contributed by atoms with E-state index in [1.54, 1.807) is 6.20 Å². The van der Waals surface area contributed by atoms with Crippen LogP contribution in [0.25, 0.3) is 11.0 Å². The molecule has 1 aromatic carbocycles. The van der Waals surface area contributed by atoms with Crippen LogP contribution in [0.3, 0.4) is 0 Å². The fraction of sp³-hybridized carbons (Fsp3) is 0.455. The summed E-state index contributed by atoms with van der Waals surface area (Å²) in [5.74, 6) is -0.151. The second-order valence-electron chi connectivity index (χ2n) is 8.31. The van der Waals surface area contributed by atoms with Crippen molar-refractivity contribution in [1.82, 2.24) is 24.4 Å². The lowest BCUT2D eigenvalue weighted by molar-refractivity contribution is -0.144. The van der Waals surface area contributed by atoms with Crippen molar-refractivity contribution in [2.24, 2.45) is 5.92 Å². The lowest BCUT2D eigenvalue weighted by Crippen LogP contribution is -2.39. The predicted molar refractivity (Wildman–Crippen MR) is 115 cm³/mol. The molecule has 4 rings (SSSR count). The molecule has 1 aliphatic heterocycles. The number of nitrogens with one attached hydrogen (secondary N) is 2. The minimum Gasteiger partial charge on any atom is -0.343 e. The maximum atomic E-state index is 12.8. The molecule has 176 valence electrons. The Balaban J connectivity index is 1.24. The largest absolute Gasteiger partial charge is 0.449 e. The minimum absolute atomic E-state index is 0.0945. The summed E-state index contributed by atoms with van der Waals surface area (Å²) in [4.78, 5) is 36.7. The molecular weight excluding hydrogens is 437 g/mol. The number of anilines is 1. The van der Waals surface area contributed by atoms with Crippen molar-refractivity contribution in [3.63, 3.8) is 0 Å². The lowest BCUT2D eigenvalue weighted by atomic mass is 9.93. The number of aromatic nitrogens is 4. The van der Waals surface area contributed by atoms with Crippen LogP contribution >= 0.6 is 0 Å². The van der Waals surface area contributed by atoms with Gasteiger partial charge in [-0.25, -0.2) is 9.97 Å². The molecule has 2 amide bonds. The van der Waals surface area contributed by atoms with Gasteiger partial charge in [-0.05, 0) is 43.9 Å². The molecule has 0 bridgehead atoms. The number of aromatic amines is 1. The van der Waals surface area contributed by atoms with Gasteiger partial charge in [-0.1, -0.05) is 0 Å². The van der Waals surface area contributed by atoms with Crippen LogP contribution in [0.2, 0.25) is 0 Å². The van der Waals surface area contributed by atoms with E-state index in [9.17, 15) is 22.8 Å². The van der Waals surface area contributed by atoms with Gasteiger partial charge in [-0.2, -0.15) is 13.2 Å². The summed E-state index contributed by atoms with van der Waals surface area (Å²) in [6, 6.07) is 4.41. The minimum atomic E-state index is -4.56. The number of fused-ring (bicyclic) bond motifs is 1. The highest BCUT2D eigenvalue weighted by atomic mass is 19.4. The molecular formula is C22H25F3N6O2. The van der Waals surface area contributed by atoms with Crippen molar-refractivity contribution in [2.45, 2.75) is 45.3 Å². The van der Waals surface area contributed by atoms with Crippen LogP contribution in [0.15, 0.2) is 30.6 Å². The zero-order valence-electron chi connectivity index (χ0n) is 18.2. The van der Waals surface area contributed by atoms with Crippen LogP contribution in [0.1, 0.15) is 37.3 Å². The van der Waals surface area contributed by atoms with Crippen molar-refractivity contribution in [3.8, 4) is 0 Å². The zero-order chi connectivity index (χ0) is 23.6. The van der Waals surface area contributed by atoms with E-state index in [-0.39, 0.29) is 28.8 Å².